The molecule has 4 bridgehead atoms. The van der Waals surface area contributed by atoms with Crippen LogP contribution in [-0.4, -0.2) is 17.4 Å². The fourth-order valence-corrected chi connectivity index (χ4v) is 6.55. The highest BCUT2D eigenvalue weighted by molar-refractivity contribution is 6.35. The van der Waals surface area contributed by atoms with Crippen molar-refractivity contribution in [3.63, 3.8) is 0 Å². The van der Waals surface area contributed by atoms with Gasteiger partial charge in [-0.05, 0) is 68.1 Å². The fraction of sp³-hybridized carbons (Fsp3) is 0.600. The van der Waals surface area contributed by atoms with Crippen LogP contribution in [0.25, 0.3) is 0 Å². The summed E-state index contributed by atoms with van der Waals surface area (Å²) in [5.41, 5.74) is 0.321. The normalized spacial score (nSPS) is 34.6. The molecular formula is C20H24Cl2N2O2. The van der Waals surface area contributed by atoms with Gasteiger partial charge in [-0.3, -0.25) is 9.59 Å². The van der Waals surface area contributed by atoms with E-state index in [1.807, 2.05) is 6.07 Å². The molecule has 4 fully saturated rings. The van der Waals surface area contributed by atoms with Crippen molar-refractivity contribution in [3.8, 4) is 0 Å². The lowest BCUT2D eigenvalue weighted by Crippen LogP contribution is -2.65. The Morgan fingerprint density at radius 3 is 2.46 bits per heavy atom. The standard InChI is InChI=1S/C20H24Cl2N2O2/c1-12(25)24-20-8-13-4-14(9-20)7-19(6-13,11-20)18(26)23-10-15-2-3-16(21)5-17(15)22/h2-3,5,13-14H,4,6-11H2,1H3,(H,23,26)(H,24,25). The molecule has 4 aliphatic rings. The number of carbonyl (C=O) groups excluding carboxylic acids is 2. The van der Waals surface area contributed by atoms with Crippen molar-refractivity contribution < 1.29 is 9.59 Å². The Bertz CT molecular complexity index is 750. The zero-order chi connectivity index (χ0) is 18.5. The van der Waals surface area contributed by atoms with Crippen LogP contribution in [0.4, 0.5) is 0 Å². The van der Waals surface area contributed by atoms with Crippen LogP contribution in [0.15, 0.2) is 18.2 Å². The quantitative estimate of drug-likeness (QED) is 0.807. The van der Waals surface area contributed by atoms with Crippen molar-refractivity contribution in [1.29, 1.82) is 0 Å². The van der Waals surface area contributed by atoms with Gasteiger partial charge in [0.05, 0.1) is 5.41 Å². The number of halogens is 2. The Kier molecular flexibility index (Phi) is 4.47. The van der Waals surface area contributed by atoms with Crippen LogP contribution in [0.1, 0.15) is 51.0 Å². The molecule has 2 atom stereocenters. The Morgan fingerprint density at radius 2 is 1.85 bits per heavy atom. The third kappa shape index (κ3) is 3.22. The molecule has 4 nitrogen and oxygen atoms in total. The predicted octanol–water partition coefficient (Wildman–Crippen LogP) is 4.08. The van der Waals surface area contributed by atoms with E-state index in [2.05, 4.69) is 10.6 Å². The van der Waals surface area contributed by atoms with Crippen LogP contribution in [0, 0.1) is 17.3 Å². The van der Waals surface area contributed by atoms with Gasteiger partial charge in [0.1, 0.15) is 0 Å². The molecule has 0 saturated heterocycles. The predicted molar refractivity (Wildman–Crippen MR) is 102 cm³/mol. The number of nitrogens with one attached hydrogen (secondary N) is 2. The van der Waals surface area contributed by atoms with Crippen molar-refractivity contribution in [1.82, 2.24) is 10.6 Å². The number of amides is 2. The minimum Gasteiger partial charge on any atom is -0.351 e. The Morgan fingerprint density at radius 1 is 1.15 bits per heavy atom. The average Bonchev–Trinajstić information content (AvgIpc) is 2.51. The minimum atomic E-state index is -0.356. The Balaban J connectivity index is 1.51. The number of hydrogen-bond donors (Lipinski definition) is 2. The molecular weight excluding hydrogens is 371 g/mol. The average molecular weight is 395 g/mol. The van der Waals surface area contributed by atoms with Gasteiger partial charge in [-0.15, -0.1) is 0 Å². The summed E-state index contributed by atoms with van der Waals surface area (Å²) >= 11 is 12.2. The Labute approximate surface area is 164 Å². The highest BCUT2D eigenvalue weighted by Gasteiger charge is 2.60. The van der Waals surface area contributed by atoms with E-state index < -0.39 is 0 Å². The molecule has 6 heteroatoms. The van der Waals surface area contributed by atoms with Gasteiger partial charge >= 0.3 is 0 Å². The molecule has 1 aromatic rings. The molecule has 5 rings (SSSR count). The zero-order valence-corrected chi connectivity index (χ0v) is 16.4. The highest BCUT2D eigenvalue weighted by atomic mass is 35.5. The molecule has 0 aliphatic heterocycles. The molecule has 0 spiro atoms. The number of benzene rings is 1. The van der Waals surface area contributed by atoms with Crippen molar-refractivity contribution in [2.75, 3.05) is 0 Å². The zero-order valence-electron chi connectivity index (χ0n) is 14.9. The summed E-state index contributed by atoms with van der Waals surface area (Å²) in [4.78, 5) is 24.9. The third-order valence-electron chi connectivity index (χ3n) is 6.44. The summed E-state index contributed by atoms with van der Waals surface area (Å²) in [5.74, 6) is 1.18. The highest BCUT2D eigenvalue weighted by Crippen LogP contribution is 2.61. The van der Waals surface area contributed by atoms with E-state index in [0.29, 0.717) is 28.4 Å². The maximum atomic E-state index is 13.2. The van der Waals surface area contributed by atoms with E-state index in [0.717, 1.165) is 37.7 Å². The van der Waals surface area contributed by atoms with Crippen LogP contribution < -0.4 is 10.6 Å². The van der Waals surface area contributed by atoms with E-state index in [-0.39, 0.29) is 22.8 Å². The van der Waals surface area contributed by atoms with E-state index in [9.17, 15) is 9.59 Å². The van der Waals surface area contributed by atoms with Crippen LogP contribution in [-0.2, 0) is 16.1 Å². The van der Waals surface area contributed by atoms with E-state index in [1.165, 1.54) is 6.42 Å². The van der Waals surface area contributed by atoms with Crippen molar-refractivity contribution in [2.45, 2.75) is 57.5 Å². The summed E-state index contributed by atoms with van der Waals surface area (Å²) in [6.45, 7) is 1.98. The largest absolute Gasteiger partial charge is 0.351 e. The topological polar surface area (TPSA) is 58.2 Å². The number of carbonyl (C=O) groups is 2. The fourth-order valence-electron chi connectivity index (χ4n) is 6.08. The van der Waals surface area contributed by atoms with Crippen LogP contribution in [0.2, 0.25) is 10.0 Å². The summed E-state index contributed by atoms with van der Waals surface area (Å²) in [6.07, 6.45) is 5.85. The van der Waals surface area contributed by atoms with Crippen molar-refractivity contribution >= 4 is 35.0 Å². The minimum absolute atomic E-state index is 0.00968. The lowest BCUT2D eigenvalue weighted by atomic mass is 9.46. The second-order valence-corrected chi connectivity index (χ2v) is 9.46. The second kappa shape index (κ2) is 6.42. The maximum Gasteiger partial charge on any atom is 0.226 e. The van der Waals surface area contributed by atoms with Gasteiger partial charge in [-0.2, -0.15) is 0 Å². The molecule has 2 unspecified atom stereocenters. The Hall–Kier alpha value is -1.26. The molecule has 4 aliphatic carbocycles. The lowest BCUT2D eigenvalue weighted by molar-refractivity contribution is -0.153. The summed E-state index contributed by atoms with van der Waals surface area (Å²) in [5, 5.41) is 7.46. The molecule has 26 heavy (non-hydrogen) atoms. The first-order valence-electron chi connectivity index (χ1n) is 9.30. The molecule has 2 N–H and O–H groups in total. The van der Waals surface area contributed by atoms with Crippen molar-refractivity contribution in [3.05, 3.63) is 33.8 Å². The summed E-state index contributed by atoms with van der Waals surface area (Å²) in [7, 11) is 0. The molecule has 0 heterocycles. The van der Waals surface area contributed by atoms with E-state index in [1.54, 1.807) is 19.1 Å². The van der Waals surface area contributed by atoms with Crippen LogP contribution in [0.5, 0.6) is 0 Å². The second-order valence-electron chi connectivity index (χ2n) is 8.62. The van der Waals surface area contributed by atoms with Gasteiger partial charge < -0.3 is 10.6 Å². The van der Waals surface area contributed by atoms with E-state index in [4.69, 9.17) is 23.2 Å². The van der Waals surface area contributed by atoms with Crippen LogP contribution in [0.3, 0.4) is 0 Å². The maximum absolute atomic E-state index is 13.2. The third-order valence-corrected chi connectivity index (χ3v) is 7.03. The molecule has 1 aromatic carbocycles. The molecule has 140 valence electrons. The smallest absolute Gasteiger partial charge is 0.226 e. The number of rotatable bonds is 4. The van der Waals surface area contributed by atoms with Gasteiger partial charge in [0.25, 0.3) is 0 Å². The van der Waals surface area contributed by atoms with E-state index >= 15 is 0 Å². The lowest BCUT2D eigenvalue weighted by Gasteiger charge is -2.61. The van der Waals surface area contributed by atoms with Gasteiger partial charge in [0, 0.05) is 29.1 Å². The van der Waals surface area contributed by atoms with Crippen LogP contribution >= 0.6 is 23.2 Å². The first-order chi connectivity index (χ1) is 12.3. The first-order valence-corrected chi connectivity index (χ1v) is 10.1. The van der Waals surface area contributed by atoms with Gasteiger partial charge in [0.15, 0.2) is 0 Å². The molecule has 0 radical (unpaired) electrons. The monoisotopic (exact) mass is 394 g/mol. The van der Waals surface area contributed by atoms with Gasteiger partial charge in [0.2, 0.25) is 11.8 Å². The molecule has 2 amide bonds. The summed E-state index contributed by atoms with van der Waals surface area (Å²) < 4.78 is 0. The molecule has 4 saturated carbocycles. The first kappa shape index (κ1) is 18.1. The number of hydrogen-bond acceptors (Lipinski definition) is 2. The summed E-state index contributed by atoms with van der Waals surface area (Å²) in [6, 6.07) is 5.33. The van der Waals surface area contributed by atoms with Gasteiger partial charge in [-0.1, -0.05) is 29.3 Å². The van der Waals surface area contributed by atoms with Gasteiger partial charge in [-0.25, -0.2) is 0 Å². The molecule has 0 aromatic heterocycles. The van der Waals surface area contributed by atoms with Crippen molar-refractivity contribution in [2.24, 2.45) is 17.3 Å². The SMILES string of the molecule is CC(=O)NC12CC3CC(C1)CC(C(=O)NCc1ccc(Cl)cc1Cl)(C3)C2.